The summed E-state index contributed by atoms with van der Waals surface area (Å²) in [5, 5.41) is 0. The van der Waals surface area contributed by atoms with Gasteiger partial charge >= 0.3 is 0 Å². The minimum atomic E-state index is 1.14. The van der Waals surface area contributed by atoms with Crippen LogP contribution >= 0.6 is 0 Å². The van der Waals surface area contributed by atoms with Gasteiger partial charge in [0.1, 0.15) is 0 Å². The van der Waals surface area contributed by atoms with Gasteiger partial charge in [0.05, 0.1) is 0 Å². The molecule has 0 atom stereocenters. The van der Waals surface area contributed by atoms with E-state index in [1.165, 1.54) is 48.8 Å². The Balaban J connectivity index is 0.000000204. The number of aryl methyl sites for hydroxylation is 3. The van der Waals surface area contributed by atoms with Gasteiger partial charge in [0.2, 0.25) is 0 Å². The Labute approximate surface area is 167 Å². The van der Waals surface area contributed by atoms with Crippen LogP contribution in [0.25, 0.3) is 0 Å². The Kier molecular flexibility index (Phi) is 13.4. The number of rotatable bonds is 6. The van der Waals surface area contributed by atoms with Gasteiger partial charge in [0.15, 0.2) is 0 Å². The highest BCUT2D eigenvalue weighted by molar-refractivity contribution is 5.15. The highest BCUT2D eigenvalue weighted by atomic mass is 13.9. The van der Waals surface area contributed by atoms with Crippen LogP contribution in [0.2, 0.25) is 0 Å². The molecular weight excluding hydrogens is 324 g/mol. The molecule has 0 saturated heterocycles. The molecule has 0 aliphatic rings. The summed E-state index contributed by atoms with van der Waals surface area (Å²) >= 11 is 0. The van der Waals surface area contributed by atoms with Crippen LogP contribution in [0.15, 0.2) is 91.0 Å². The van der Waals surface area contributed by atoms with Gasteiger partial charge in [-0.3, -0.25) is 0 Å². The normalized spacial score (nSPS) is 9.44. The monoisotopic (exact) mass is 360 g/mol. The third-order valence-corrected chi connectivity index (χ3v) is 4.29. The minimum Gasteiger partial charge on any atom is -0.0654 e. The molecule has 0 heterocycles. The molecule has 0 radical (unpaired) electrons. The third kappa shape index (κ3) is 11.8. The first kappa shape index (κ1) is 22.7. The van der Waals surface area contributed by atoms with E-state index >= 15 is 0 Å². The second kappa shape index (κ2) is 15.9. The molecule has 0 N–H and O–H groups in total. The Morgan fingerprint density at radius 3 is 1.19 bits per heavy atom. The van der Waals surface area contributed by atoms with E-state index in [1.807, 2.05) is 6.07 Å². The summed E-state index contributed by atoms with van der Waals surface area (Å²) in [7, 11) is 0. The summed E-state index contributed by atoms with van der Waals surface area (Å²) in [4.78, 5) is 0. The van der Waals surface area contributed by atoms with Gasteiger partial charge in [-0.1, -0.05) is 125 Å². The third-order valence-electron chi connectivity index (χ3n) is 4.29. The number of benzene rings is 3. The average molecular weight is 361 g/mol. The second-order valence-electron chi connectivity index (χ2n) is 6.66. The smallest absolute Gasteiger partial charge is 0.0279 e. The Morgan fingerprint density at radius 2 is 0.852 bits per heavy atom. The predicted octanol–water partition coefficient (Wildman–Crippen LogP) is 7.92. The maximum absolute atomic E-state index is 2.23. The molecule has 3 aromatic carbocycles. The first-order chi connectivity index (χ1) is 13.3. The van der Waals surface area contributed by atoms with Gasteiger partial charge in [-0.25, -0.2) is 0 Å². The van der Waals surface area contributed by atoms with Gasteiger partial charge < -0.3 is 0 Å². The quantitative estimate of drug-likeness (QED) is 0.419. The highest BCUT2D eigenvalue weighted by Gasteiger charge is 1.87. The Hall–Kier alpha value is -2.34. The lowest BCUT2D eigenvalue weighted by atomic mass is 10.1. The van der Waals surface area contributed by atoms with E-state index in [0.29, 0.717) is 0 Å². The molecule has 0 amide bonds. The largest absolute Gasteiger partial charge is 0.0654 e. The summed E-state index contributed by atoms with van der Waals surface area (Å²) < 4.78 is 0. The van der Waals surface area contributed by atoms with E-state index in [-0.39, 0.29) is 0 Å². The maximum Gasteiger partial charge on any atom is -0.0279 e. The van der Waals surface area contributed by atoms with E-state index in [9.17, 15) is 0 Å². The van der Waals surface area contributed by atoms with Crippen molar-refractivity contribution in [1.29, 1.82) is 0 Å². The van der Waals surface area contributed by atoms with Crippen molar-refractivity contribution in [3.05, 3.63) is 108 Å². The van der Waals surface area contributed by atoms with Crippen LogP contribution in [-0.4, -0.2) is 0 Å². The molecule has 0 fully saturated rings. The first-order valence-electron chi connectivity index (χ1n) is 10.4. The van der Waals surface area contributed by atoms with Crippen LogP contribution in [-0.2, 0) is 19.3 Å². The number of unbranched alkanes of at least 4 members (excludes halogenated alkanes) is 1. The zero-order valence-electron chi connectivity index (χ0n) is 17.4. The summed E-state index contributed by atoms with van der Waals surface area (Å²) in [6.07, 6.45) is 7.42. The number of hydrogen-bond acceptors (Lipinski definition) is 0. The fourth-order valence-electron chi connectivity index (χ4n) is 2.67. The molecule has 0 aromatic heterocycles. The van der Waals surface area contributed by atoms with Crippen LogP contribution < -0.4 is 0 Å². The van der Waals surface area contributed by atoms with Crippen molar-refractivity contribution in [3.63, 3.8) is 0 Å². The van der Waals surface area contributed by atoms with Crippen molar-refractivity contribution < 1.29 is 0 Å². The van der Waals surface area contributed by atoms with Crippen LogP contribution in [0.4, 0.5) is 0 Å². The summed E-state index contributed by atoms with van der Waals surface area (Å²) in [5.41, 5.74) is 4.32. The standard InChI is InChI=1S/C10H14.C9H12.C8H10/c1-2-3-7-10-8-5-4-6-9-10;1-2-6-9-7-4-3-5-8-9;1-2-8-6-4-3-5-7-8/h4-6,8-9H,2-3,7H2,1H3;3-5,7-8H,2,6H2,1H3;3-7H,2H2,1H3. The van der Waals surface area contributed by atoms with Crippen molar-refractivity contribution in [3.8, 4) is 0 Å². The SMILES string of the molecule is CCCCc1ccccc1.CCCc1ccccc1.CCc1ccccc1. The van der Waals surface area contributed by atoms with Crippen LogP contribution in [0.3, 0.4) is 0 Å². The predicted molar refractivity (Wildman–Crippen MR) is 121 cm³/mol. The van der Waals surface area contributed by atoms with Gasteiger partial charge in [-0.15, -0.1) is 0 Å². The molecule has 0 unspecified atom stereocenters. The van der Waals surface area contributed by atoms with Crippen LogP contribution in [0, 0.1) is 0 Å². The molecule has 3 aromatic rings. The van der Waals surface area contributed by atoms with E-state index < -0.39 is 0 Å². The van der Waals surface area contributed by atoms with E-state index in [0.717, 1.165) is 6.42 Å². The highest BCUT2D eigenvalue weighted by Crippen LogP contribution is 2.03. The first-order valence-corrected chi connectivity index (χ1v) is 10.4. The maximum atomic E-state index is 2.23. The average Bonchev–Trinajstić information content (AvgIpc) is 2.75. The van der Waals surface area contributed by atoms with Crippen LogP contribution in [0.1, 0.15) is 56.7 Å². The zero-order chi connectivity index (χ0) is 19.6. The van der Waals surface area contributed by atoms with Crippen molar-refractivity contribution in [1.82, 2.24) is 0 Å². The topological polar surface area (TPSA) is 0 Å². The van der Waals surface area contributed by atoms with Gasteiger partial charge in [-0.2, -0.15) is 0 Å². The van der Waals surface area contributed by atoms with Crippen LogP contribution in [0.5, 0.6) is 0 Å². The molecule has 3 rings (SSSR count). The summed E-state index contributed by atoms with van der Waals surface area (Å²) in [5.74, 6) is 0. The molecule has 0 aliphatic carbocycles. The van der Waals surface area contributed by atoms with Crippen molar-refractivity contribution in [2.75, 3.05) is 0 Å². The molecule has 0 saturated carbocycles. The minimum absolute atomic E-state index is 1.14. The van der Waals surface area contributed by atoms with Crippen molar-refractivity contribution in [2.24, 2.45) is 0 Å². The fraction of sp³-hybridized carbons (Fsp3) is 0.333. The van der Waals surface area contributed by atoms with Gasteiger partial charge in [0.25, 0.3) is 0 Å². The summed E-state index contributed by atoms with van der Waals surface area (Å²) in [6, 6.07) is 31.7. The molecule has 0 aliphatic heterocycles. The van der Waals surface area contributed by atoms with Gasteiger partial charge in [0, 0.05) is 0 Å². The Morgan fingerprint density at radius 1 is 0.444 bits per heavy atom. The molecule has 0 nitrogen and oxygen atoms in total. The molecule has 0 heteroatoms. The lowest BCUT2D eigenvalue weighted by Gasteiger charge is -1.96. The van der Waals surface area contributed by atoms with E-state index in [4.69, 9.17) is 0 Å². The van der Waals surface area contributed by atoms with E-state index in [1.54, 1.807) is 0 Å². The molecule has 0 spiro atoms. The zero-order valence-corrected chi connectivity index (χ0v) is 17.4. The van der Waals surface area contributed by atoms with E-state index in [2.05, 4.69) is 106 Å². The van der Waals surface area contributed by atoms with Gasteiger partial charge in [-0.05, 0) is 42.4 Å². The summed E-state index contributed by atoms with van der Waals surface area (Å²) in [6.45, 7) is 6.59. The molecule has 0 bridgehead atoms. The van der Waals surface area contributed by atoms with Crippen molar-refractivity contribution in [2.45, 2.75) is 59.3 Å². The van der Waals surface area contributed by atoms with Crippen molar-refractivity contribution >= 4 is 0 Å². The molecule has 27 heavy (non-hydrogen) atoms. The molecule has 144 valence electrons. The fourth-order valence-corrected chi connectivity index (χ4v) is 2.67. The number of hydrogen-bond donors (Lipinski definition) is 0. The Bertz CT molecular complexity index is 656. The molecular formula is C27H36. The lowest BCUT2D eigenvalue weighted by molar-refractivity contribution is 0.795. The second-order valence-corrected chi connectivity index (χ2v) is 6.66. The lowest BCUT2D eigenvalue weighted by Crippen LogP contribution is -1.81.